The number of anilines is 2. The molecule has 7 heteroatoms. The quantitative estimate of drug-likeness (QED) is 0.585. The normalized spacial score (nSPS) is 10.5. The molecule has 7 nitrogen and oxygen atoms in total. The number of rotatable bonds is 8. The fraction of sp³-hybridized carbons (Fsp3) is 0.261. The Bertz CT molecular complexity index is 1010. The number of aryl methyl sites for hydroxylation is 2. The van der Waals surface area contributed by atoms with E-state index >= 15 is 0 Å². The smallest absolute Gasteiger partial charge is 0.262 e. The minimum atomic E-state index is -0.333. The van der Waals surface area contributed by atoms with Gasteiger partial charge in [0.1, 0.15) is 5.56 Å². The number of hydrogen-bond donors (Lipinski definition) is 2. The number of carbonyl (C=O) groups is 2. The van der Waals surface area contributed by atoms with Gasteiger partial charge in [0.15, 0.2) is 0 Å². The number of nitrogens with one attached hydrogen (secondary N) is 2. The van der Waals surface area contributed by atoms with Crippen LogP contribution in [0.5, 0.6) is 5.88 Å². The predicted octanol–water partition coefficient (Wildman–Crippen LogP) is 4.28. The lowest BCUT2D eigenvalue weighted by atomic mass is 10.1. The largest absolute Gasteiger partial charge is 0.479 e. The fourth-order valence-corrected chi connectivity index (χ4v) is 3.02. The Morgan fingerprint density at radius 1 is 0.967 bits per heavy atom. The van der Waals surface area contributed by atoms with E-state index in [-0.39, 0.29) is 17.7 Å². The lowest BCUT2D eigenvalue weighted by Gasteiger charge is -2.08. The summed E-state index contributed by atoms with van der Waals surface area (Å²) < 4.78 is 6.62. The summed E-state index contributed by atoms with van der Waals surface area (Å²) in [5.74, 6) is -0.282. The minimum Gasteiger partial charge on any atom is -0.479 e. The van der Waals surface area contributed by atoms with E-state index in [1.165, 1.54) is 17.4 Å². The molecular formula is C23H26N4O3. The molecule has 2 amide bonds. The summed E-state index contributed by atoms with van der Waals surface area (Å²) in [5.41, 5.74) is 3.43. The summed E-state index contributed by atoms with van der Waals surface area (Å²) in [5, 5.41) is 9.74. The van der Waals surface area contributed by atoms with Crippen molar-refractivity contribution < 1.29 is 14.3 Å². The topological polar surface area (TPSA) is 85.3 Å². The molecule has 3 rings (SSSR count). The number of nitrogens with zero attached hydrogens (tertiary/aromatic N) is 2. The highest BCUT2D eigenvalue weighted by Crippen LogP contribution is 2.18. The number of amides is 2. The van der Waals surface area contributed by atoms with Crippen LogP contribution < -0.4 is 15.4 Å². The van der Waals surface area contributed by atoms with Crippen molar-refractivity contribution in [1.82, 2.24) is 9.78 Å². The molecule has 0 atom stereocenters. The monoisotopic (exact) mass is 406 g/mol. The first-order chi connectivity index (χ1) is 14.5. The van der Waals surface area contributed by atoms with Gasteiger partial charge in [0.05, 0.1) is 7.11 Å². The van der Waals surface area contributed by atoms with Gasteiger partial charge in [-0.2, -0.15) is 0 Å². The summed E-state index contributed by atoms with van der Waals surface area (Å²) in [6.45, 7) is 2.17. The summed E-state index contributed by atoms with van der Waals surface area (Å²) in [6, 6.07) is 14.6. The number of hydrogen-bond acceptors (Lipinski definition) is 4. The third-order valence-electron chi connectivity index (χ3n) is 4.67. The van der Waals surface area contributed by atoms with Crippen molar-refractivity contribution in [3.63, 3.8) is 0 Å². The molecule has 156 valence electrons. The molecule has 3 aromatic rings. The highest BCUT2D eigenvalue weighted by atomic mass is 16.5. The number of unbranched alkanes of at least 4 members (excludes halogenated alkanes) is 1. The van der Waals surface area contributed by atoms with E-state index in [1.54, 1.807) is 37.5 Å². The van der Waals surface area contributed by atoms with Crippen LogP contribution in [-0.4, -0.2) is 28.7 Å². The molecule has 0 bridgehead atoms. The molecule has 1 heterocycles. The maximum Gasteiger partial charge on any atom is 0.262 e. The highest BCUT2D eigenvalue weighted by Gasteiger charge is 2.16. The van der Waals surface area contributed by atoms with E-state index in [9.17, 15) is 9.59 Å². The molecule has 30 heavy (non-hydrogen) atoms. The van der Waals surface area contributed by atoms with E-state index in [1.807, 2.05) is 24.3 Å². The molecule has 2 aromatic carbocycles. The van der Waals surface area contributed by atoms with Gasteiger partial charge in [-0.15, -0.1) is 5.10 Å². The summed E-state index contributed by atoms with van der Waals surface area (Å²) in [6.07, 6.45) is 4.94. The second-order valence-electron chi connectivity index (χ2n) is 7.01. The van der Waals surface area contributed by atoms with Gasteiger partial charge in [0, 0.05) is 30.2 Å². The molecule has 0 spiro atoms. The Labute approximate surface area is 176 Å². The Balaban J connectivity index is 1.60. The molecule has 0 fully saturated rings. The van der Waals surface area contributed by atoms with E-state index in [0.29, 0.717) is 16.8 Å². The zero-order chi connectivity index (χ0) is 21.5. The van der Waals surface area contributed by atoms with Crippen LogP contribution in [0.3, 0.4) is 0 Å². The standard InChI is InChI=1S/C23H26N4O3/c1-4-5-6-16-7-11-18(12-8-16)24-21(28)17-9-13-19(14-10-17)25-22(29)20-15-27(2)26-23(20)30-3/h7-15H,4-6H2,1-3H3,(H,24,28)(H,25,29). The Morgan fingerprint density at radius 2 is 1.57 bits per heavy atom. The second-order valence-corrected chi connectivity index (χ2v) is 7.01. The number of carbonyl (C=O) groups excluding carboxylic acids is 2. The zero-order valence-electron chi connectivity index (χ0n) is 17.4. The third-order valence-corrected chi connectivity index (χ3v) is 4.67. The summed E-state index contributed by atoms with van der Waals surface area (Å²) in [4.78, 5) is 24.9. The molecule has 0 saturated carbocycles. The van der Waals surface area contributed by atoms with Crippen molar-refractivity contribution in [2.24, 2.45) is 7.05 Å². The Kier molecular flexibility index (Phi) is 6.85. The Morgan fingerprint density at radius 3 is 2.17 bits per heavy atom. The maximum atomic E-state index is 12.5. The number of aromatic nitrogens is 2. The summed E-state index contributed by atoms with van der Waals surface area (Å²) in [7, 11) is 3.18. The summed E-state index contributed by atoms with van der Waals surface area (Å²) >= 11 is 0. The van der Waals surface area contributed by atoms with Gasteiger partial charge in [0.2, 0.25) is 5.88 Å². The first-order valence-electron chi connectivity index (χ1n) is 9.89. The van der Waals surface area contributed by atoms with Crippen molar-refractivity contribution in [3.05, 3.63) is 71.4 Å². The number of benzene rings is 2. The van der Waals surface area contributed by atoms with E-state index in [0.717, 1.165) is 24.9 Å². The predicted molar refractivity (Wildman–Crippen MR) is 117 cm³/mol. The van der Waals surface area contributed by atoms with Crippen molar-refractivity contribution in [1.29, 1.82) is 0 Å². The van der Waals surface area contributed by atoms with Gasteiger partial charge in [-0.05, 0) is 54.8 Å². The molecule has 0 aliphatic carbocycles. The van der Waals surface area contributed by atoms with Crippen molar-refractivity contribution in [3.8, 4) is 5.88 Å². The average molecular weight is 406 g/mol. The van der Waals surface area contributed by atoms with Gasteiger partial charge in [-0.1, -0.05) is 25.5 Å². The number of ether oxygens (including phenoxy) is 1. The van der Waals surface area contributed by atoms with Crippen LogP contribution in [0.15, 0.2) is 54.7 Å². The maximum absolute atomic E-state index is 12.5. The lowest BCUT2D eigenvalue weighted by molar-refractivity contribution is 0.101. The zero-order valence-corrected chi connectivity index (χ0v) is 17.4. The van der Waals surface area contributed by atoms with Gasteiger partial charge in [-0.3, -0.25) is 14.3 Å². The molecule has 0 unspecified atom stereocenters. The van der Waals surface area contributed by atoms with Crippen LogP contribution in [-0.2, 0) is 13.5 Å². The van der Waals surface area contributed by atoms with Crippen LogP contribution >= 0.6 is 0 Å². The van der Waals surface area contributed by atoms with Gasteiger partial charge < -0.3 is 15.4 Å². The fourth-order valence-electron chi connectivity index (χ4n) is 3.02. The van der Waals surface area contributed by atoms with Gasteiger partial charge in [0.25, 0.3) is 11.8 Å². The minimum absolute atomic E-state index is 0.205. The Hall–Kier alpha value is -3.61. The van der Waals surface area contributed by atoms with Crippen LogP contribution in [0, 0.1) is 0 Å². The van der Waals surface area contributed by atoms with Gasteiger partial charge >= 0.3 is 0 Å². The molecule has 0 radical (unpaired) electrons. The van der Waals surface area contributed by atoms with Crippen molar-refractivity contribution in [2.75, 3.05) is 17.7 Å². The molecular weight excluding hydrogens is 380 g/mol. The second kappa shape index (κ2) is 9.73. The van der Waals surface area contributed by atoms with Crippen molar-refractivity contribution >= 4 is 23.2 Å². The van der Waals surface area contributed by atoms with Gasteiger partial charge in [-0.25, -0.2) is 0 Å². The van der Waals surface area contributed by atoms with Crippen LogP contribution in [0.1, 0.15) is 46.0 Å². The van der Waals surface area contributed by atoms with E-state index in [4.69, 9.17) is 4.74 Å². The number of methoxy groups -OCH3 is 1. The lowest BCUT2D eigenvalue weighted by Crippen LogP contribution is -2.14. The molecule has 0 aliphatic heterocycles. The van der Waals surface area contributed by atoms with E-state index < -0.39 is 0 Å². The van der Waals surface area contributed by atoms with Crippen LogP contribution in [0.4, 0.5) is 11.4 Å². The average Bonchev–Trinajstić information content (AvgIpc) is 3.14. The first kappa shape index (κ1) is 21.1. The third kappa shape index (κ3) is 5.26. The van der Waals surface area contributed by atoms with Crippen molar-refractivity contribution in [2.45, 2.75) is 26.2 Å². The SMILES string of the molecule is CCCCc1ccc(NC(=O)c2ccc(NC(=O)c3cn(C)nc3OC)cc2)cc1. The van der Waals surface area contributed by atoms with Crippen LogP contribution in [0.2, 0.25) is 0 Å². The van der Waals surface area contributed by atoms with Crippen LogP contribution in [0.25, 0.3) is 0 Å². The molecule has 2 N–H and O–H groups in total. The molecule has 0 aliphatic rings. The molecule has 1 aromatic heterocycles. The molecule has 0 saturated heterocycles. The van der Waals surface area contributed by atoms with E-state index in [2.05, 4.69) is 22.7 Å². The highest BCUT2D eigenvalue weighted by molar-refractivity contribution is 6.07. The first-order valence-corrected chi connectivity index (χ1v) is 9.89.